The van der Waals surface area contributed by atoms with Crippen LogP contribution < -0.4 is 10.6 Å². The van der Waals surface area contributed by atoms with Gasteiger partial charge in [-0.3, -0.25) is 0 Å². The minimum atomic E-state index is -1.18. The van der Waals surface area contributed by atoms with Crippen molar-refractivity contribution in [1.29, 1.82) is 0 Å². The zero-order valence-corrected chi connectivity index (χ0v) is 8.53. The molecule has 3 nitrogen and oxygen atoms in total. The van der Waals surface area contributed by atoms with Crippen LogP contribution in [0.4, 0.5) is 10.1 Å². The molecule has 1 aromatic rings. The number of anilines is 1. The molecule has 1 saturated heterocycles. The third-order valence-electron chi connectivity index (χ3n) is 2.54. The van der Waals surface area contributed by atoms with Crippen molar-refractivity contribution >= 4 is 5.69 Å². The fraction of sp³-hybridized carbons (Fsp3) is 0.455. The molecule has 1 fully saturated rings. The summed E-state index contributed by atoms with van der Waals surface area (Å²) in [5.41, 5.74) is 7.64. The van der Waals surface area contributed by atoms with E-state index in [1.165, 1.54) is 0 Å². The van der Waals surface area contributed by atoms with E-state index >= 15 is 0 Å². The minimum absolute atomic E-state index is 0.300. The zero-order valence-electron chi connectivity index (χ0n) is 8.53. The summed E-state index contributed by atoms with van der Waals surface area (Å²) >= 11 is 0. The van der Waals surface area contributed by atoms with Gasteiger partial charge in [0, 0.05) is 18.8 Å². The number of ether oxygens (including phenoxy) is 1. The molecule has 0 amide bonds. The highest BCUT2D eigenvalue weighted by molar-refractivity contribution is 5.49. The Hall–Kier alpha value is -1.13. The Balaban J connectivity index is 2.13. The van der Waals surface area contributed by atoms with Crippen LogP contribution in [0.1, 0.15) is 5.56 Å². The monoisotopic (exact) mass is 210 g/mol. The van der Waals surface area contributed by atoms with Crippen molar-refractivity contribution in [3.63, 3.8) is 0 Å². The molecule has 1 aliphatic heterocycles. The van der Waals surface area contributed by atoms with Crippen molar-refractivity contribution in [3.05, 3.63) is 29.8 Å². The van der Waals surface area contributed by atoms with E-state index < -0.39 is 6.36 Å². The standard InChI is InChI=1S/C11H15FN2O/c12-11-8-14(4-5-15-11)10-3-1-2-9(6-10)7-13/h1-3,6,11H,4-5,7-8,13H2. The molecule has 1 atom stereocenters. The van der Waals surface area contributed by atoms with Gasteiger partial charge in [-0.15, -0.1) is 0 Å². The molecule has 1 aliphatic rings. The summed E-state index contributed by atoms with van der Waals surface area (Å²) in [5, 5.41) is 0. The van der Waals surface area contributed by atoms with Gasteiger partial charge in [-0.25, -0.2) is 4.39 Å². The van der Waals surface area contributed by atoms with Gasteiger partial charge in [-0.2, -0.15) is 0 Å². The third kappa shape index (κ3) is 2.46. The Morgan fingerprint density at radius 3 is 3.13 bits per heavy atom. The number of hydrogen-bond donors (Lipinski definition) is 1. The van der Waals surface area contributed by atoms with Crippen molar-refractivity contribution in [2.75, 3.05) is 24.6 Å². The van der Waals surface area contributed by atoms with Crippen LogP contribution in [0, 0.1) is 0 Å². The topological polar surface area (TPSA) is 38.5 Å². The maximum Gasteiger partial charge on any atom is 0.216 e. The number of nitrogens with two attached hydrogens (primary N) is 1. The van der Waals surface area contributed by atoms with Gasteiger partial charge in [0.15, 0.2) is 0 Å². The number of morpholine rings is 1. The number of alkyl halides is 1. The summed E-state index contributed by atoms with van der Waals surface area (Å²) in [7, 11) is 0. The van der Waals surface area contributed by atoms with E-state index in [1.54, 1.807) is 0 Å². The molecule has 82 valence electrons. The molecule has 2 rings (SSSR count). The van der Waals surface area contributed by atoms with Crippen molar-refractivity contribution in [2.24, 2.45) is 5.73 Å². The molecule has 1 aromatic carbocycles. The summed E-state index contributed by atoms with van der Waals surface area (Å²) in [6, 6.07) is 7.88. The molecule has 15 heavy (non-hydrogen) atoms. The largest absolute Gasteiger partial charge is 0.364 e. The van der Waals surface area contributed by atoms with Gasteiger partial charge in [-0.05, 0) is 17.7 Å². The highest BCUT2D eigenvalue weighted by Crippen LogP contribution is 2.19. The number of halogens is 1. The molecule has 1 unspecified atom stereocenters. The summed E-state index contributed by atoms with van der Waals surface area (Å²) in [6.07, 6.45) is -1.18. The predicted octanol–water partition coefficient (Wildman–Crippen LogP) is 1.28. The van der Waals surface area contributed by atoms with Crippen LogP contribution in [-0.4, -0.2) is 26.1 Å². The van der Waals surface area contributed by atoms with Gasteiger partial charge < -0.3 is 15.4 Å². The molecule has 0 saturated carbocycles. The fourth-order valence-electron chi connectivity index (χ4n) is 1.72. The smallest absolute Gasteiger partial charge is 0.216 e. The van der Waals surface area contributed by atoms with Gasteiger partial charge >= 0.3 is 0 Å². The highest BCUT2D eigenvalue weighted by atomic mass is 19.1. The maximum absolute atomic E-state index is 13.0. The lowest BCUT2D eigenvalue weighted by molar-refractivity contribution is -0.0465. The summed E-state index contributed by atoms with van der Waals surface area (Å²) in [6.45, 7) is 1.98. The summed E-state index contributed by atoms with van der Waals surface area (Å²) in [5.74, 6) is 0. The Bertz CT molecular complexity index is 332. The van der Waals surface area contributed by atoms with Crippen LogP contribution in [0.25, 0.3) is 0 Å². The Labute approximate surface area is 88.6 Å². The van der Waals surface area contributed by atoms with E-state index in [9.17, 15) is 4.39 Å². The molecular weight excluding hydrogens is 195 g/mol. The predicted molar refractivity (Wildman–Crippen MR) is 57.4 cm³/mol. The van der Waals surface area contributed by atoms with Crippen molar-refractivity contribution in [3.8, 4) is 0 Å². The first kappa shape index (κ1) is 10.4. The third-order valence-corrected chi connectivity index (χ3v) is 2.54. The Morgan fingerprint density at radius 1 is 1.53 bits per heavy atom. The van der Waals surface area contributed by atoms with E-state index in [0.29, 0.717) is 19.7 Å². The van der Waals surface area contributed by atoms with E-state index in [1.807, 2.05) is 29.2 Å². The van der Waals surface area contributed by atoms with E-state index in [-0.39, 0.29) is 0 Å². The quantitative estimate of drug-likeness (QED) is 0.799. The first-order valence-electron chi connectivity index (χ1n) is 5.09. The van der Waals surface area contributed by atoms with Gasteiger partial charge in [0.2, 0.25) is 6.36 Å². The molecule has 4 heteroatoms. The SMILES string of the molecule is NCc1cccc(N2CCOC(F)C2)c1. The molecule has 0 bridgehead atoms. The number of hydrogen-bond acceptors (Lipinski definition) is 3. The molecule has 0 spiro atoms. The first-order valence-corrected chi connectivity index (χ1v) is 5.09. The van der Waals surface area contributed by atoms with E-state index in [2.05, 4.69) is 0 Å². The number of nitrogens with zero attached hydrogens (tertiary/aromatic N) is 1. The van der Waals surface area contributed by atoms with Crippen LogP contribution in [0.15, 0.2) is 24.3 Å². The second-order valence-electron chi connectivity index (χ2n) is 3.60. The van der Waals surface area contributed by atoms with Crippen molar-refractivity contribution in [2.45, 2.75) is 12.9 Å². The second kappa shape index (κ2) is 4.59. The van der Waals surface area contributed by atoms with Gasteiger partial charge in [0.1, 0.15) is 0 Å². The minimum Gasteiger partial charge on any atom is -0.364 e. The highest BCUT2D eigenvalue weighted by Gasteiger charge is 2.19. The molecule has 0 radical (unpaired) electrons. The summed E-state index contributed by atoms with van der Waals surface area (Å²) in [4.78, 5) is 1.98. The van der Waals surface area contributed by atoms with Gasteiger partial charge in [0.25, 0.3) is 0 Å². The number of rotatable bonds is 2. The van der Waals surface area contributed by atoms with Crippen LogP contribution >= 0.6 is 0 Å². The maximum atomic E-state index is 13.0. The zero-order chi connectivity index (χ0) is 10.7. The molecule has 0 aliphatic carbocycles. The lowest BCUT2D eigenvalue weighted by Gasteiger charge is -2.31. The van der Waals surface area contributed by atoms with Gasteiger partial charge in [0.05, 0.1) is 13.2 Å². The average molecular weight is 210 g/mol. The van der Waals surface area contributed by atoms with Crippen molar-refractivity contribution in [1.82, 2.24) is 0 Å². The Morgan fingerprint density at radius 2 is 2.40 bits per heavy atom. The van der Waals surface area contributed by atoms with Crippen LogP contribution in [0.3, 0.4) is 0 Å². The molecule has 0 aromatic heterocycles. The average Bonchev–Trinajstić information content (AvgIpc) is 2.29. The van der Waals surface area contributed by atoms with Crippen molar-refractivity contribution < 1.29 is 9.13 Å². The number of benzene rings is 1. The molecule has 1 heterocycles. The molecular formula is C11H15FN2O. The van der Waals surface area contributed by atoms with Crippen LogP contribution in [0.2, 0.25) is 0 Å². The summed E-state index contributed by atoms with van der Waals surface area (Å²) < 4.78 is 17.9. The van der Waals surface area contributed by atoms with Gasteiger partial charge in [-0.1, -0.05) is 12.1 Å². The second-order valence-corrected chi connectivity index (χ2v) is 3.60. The van der Waals surface area contributed by atoms with Crippen LogP contribution in [0.5, 0.6) is 0 Å². The Kier molecular flexibility index (Phi) is 3.18. The fourth-order valence-corrected chi connectivity index (χ4v) is 1.72. The lowest BCUT2D eigenvalue weighted by atomic mass is 10.2. The van der Waals surface area contributed by atoms with E-state index in [0.717, 1.165) is 17.8 Å². The van der Waals surface area contributed by atoms with Crippen LogP contribution in [-0.2, 0) is 11.3 Å². The first-order chi connectivity index (χ1) is 7.29. The normalized spacial score (nSPS) is 21.7. The lowest BCUT2D eigenvalue weighted by Crippen LogP contribution is -2.40. The molecule has 2 N–H and O–H groups in total. The van der Waals surface area contributed by atoms with E-state index in [4.69, 9.17) is 10.5 Å².